The minimum absolute atomic E-state index is 0.126. The SMILES string of the molecule is COc1ccc(NC(=O)N(Cc2cccn2Cc2ccccc2Cl)CC(C)C)cc1. The lowest BCUT2D eigenvalue weighted by molar-refractivity contribution is 0.200. The lowest BCUT2D eigenvalue weighted by atomic mass is 10.2. The zero-order valence-electron chi connectivity index (χ0n) is 17.6. The van der Waals surface area contributed by atoms with Crippen molar-refractivity contribution in [2.45, 2.75) is 26.9 Å². The van der Waals surface area contributed by atoms with Gasteiger partial charge in [-0.05, 0) is 53.9 Å². The molecule has 1 N–H and O–H groups in total. The maximum atomic E-state index is 13.0. The van der Waals surface area contributed by atoms with E-state index in [1.807, 2.05) is 71.8 Å². The number of carbonyl (C=O) groups is 1. The number of benzene rings is 2. The Bertz CT molecular complexity index is 967. The third-order valence-corrected chi connectivity index (χ3v) is 5.16. The summed E-state index contributed by atoms with van der Waals surface area (Å²) in [5.74, 6) is 1.10. The van der Waals surface area contributed by atoms with Gasteiger partial charge in [0.1, 0.15) is 5.75 Å². The van der Waals surface area contributed by atoms with Gasteiger partial charge in [0.15, 0.2) is 0 Å². The monoisotopic (exact) mass is 425 g/mol. The van der Waals surface area contributed by atoms with Crippen molar-refractivity contribution < 1.29 is 9.53 Å². The van der Waals surface area contributed by atoms with Gasteiger partial charge in [0, 0.05) is 35.7 Å². The Balaban J connectivity index is 1.74. The molecule has 2 aromatic carbocycles. The van der Waals surface area contributed by atoms with Gasteiger partial charge in [-0.15, -0.1) is 0 Å². The van der Waals surface area contributed by atoms with Gasteiger partial charge in [0.2, 0.25) is 0 Å². The van der Waals surface area contributed by atoms with Crippen LogP contribution in [-0.2, 0) is 13.1 Å². The highest BCUT2D eigenvalue weighted by Crippen LogP contribution is 2.19. The van der Waals surface area contributed by atoms with Crippen LogP contribution >= 0.6 is 11.6 Å². The van der Waals surface area contributed by atoms with Crippen LogP contribution in [0.3, 0.4) is 0 Å². The molecule has 1 aromatic heterocycles. The summed E-state index contributed by atoms with van der Waals surface area (Å²) >= 11 is 6.33. The van der Waals surface area contributed by atoms with Crippen molar-refractivity contribution in [3.8, 4) is 5.75 Å². The first-order valence-corrected chi connectivity index (χ1v) is 10.4. The molecule has 0 saturated heterocycles. The van der Waals surface area contributed by atoms with Gasteiger partial charge in [0.25, 0.3) is 0 Å². The van der Waals surface area contributed by atoms with E-state index in [1.165, 1.54) is 0 Å². The zero-order valence-corrected chi connectivity index (χ0v) is 18.4. The van der Waals surface area contributed by atoms with E-state index >= 15 is 0 Å². The Hall–Kier alpha value is -2.92. The van der Waals surface area contributed by atoms with Gasteiger partial charge >= 0.3 is 6.03 Å². The normalized spacial score (nSPS) is 10.8. The topological polar surface area (TPSA) is 46.5 Å². The highest BCUT2D eigenvalue weighted by Gasteiger charge is 2.17. The lowest BCUT2D eigenvalue weighted by Crippen LogP contribution is -2.37. The Labute approximate surface area is 183 Å². The van der Waals surface area contributed by atoms with Crippen molar-refractivity contribution >= 4 is 23.3 Å². The number of ether oxygens (including phenoxy) is 1. The molecule has 1 heterocycles. The molecule has 0 radical (unpaired) electrons. The van der Waals surface area contributed by atoms with Crippen molar-refractivity contribution in [2.75, 3.05) is 19.0 Å². The number of anilines is 1. The minimum atomic E-state index is -0.126. The number of nitrogens with one attached hydrogen (secondary N) is 1. The van der Waals surface area contributed by atoms with Crippen molar-refractivity contribution in [1.29, 1.82) is 0 Å². The smallest absolute Gasteiger partial charge is 0.322 e. The maximum absolute atomic E-state index is 13.0. The molecule has 0 aliphatic rings. The standard InChI is InChI=1S/C24H28ClN3O2/c1-18(2)15-28(24(29)26-20-10-12-22(30-3)13-11-20)17-21-8-6-14-27(21)16-19-7-4-5-9-23(19)25/h4-14,18H,15-17H2,1-3H3,(H,26,29). The van der Waals surface area contributed by atoms with Crippen LogP contribution in [0.5, 0.6) is 5.75 Å². The number of halogens is 1. The average molecular weight is 426 g/mol. The summed E-state index contributed by atoms with van der Waals surface area (Å²) in [7, 11) is 1.62. The molecule has 0 aliphatic carbocycles. The van der Waals surface area contributed by atoms with E-state index in [1.54, 1.807) is 7.11 Å². The fraction of sp³-hybridized carbons (Fsp3) is 0.292. The molecule has 0 saturated carbocycles. The van der Waals surface area contributed by atoms with Crippen LogP contribution in [0, 0.1) is 5.92 Å². The summed E-state index contributed by atoms with van der Waals surface area (Å²) in [5, 5.41) is 3.73. The molecule has 6 heteroatoms. The largest absolute Gasteiger partial charge is 0.497 e. The summed E-state index contributed by atoms with van der Waals surface area (Å²) in [6.07, 6.45) is 2.02. The molecule has 0 unspecified atom stereocenters. The number of carbonyl (C=O) groups excluding carboxylic acids is 1. The first-order chi connectivity index (χ1) is 14.5. The van der Waals surface area contributed by atoms with Crippen LogP contribution in [-0.4, -0.2) is 29.2 Å². The predicted molar refractivity (Wildman–Crippen MR) is 122 cm³/mol. The molecule has 3 rings (SSSR count). The Morgan fingerprint density at radius 2 is 1.83 bits per heavy atom. The van der Waals surface area contributed by atoms with Gasteiger partial charge in [-0.2, -0.15) is 0 Å². The number of methoxy groups -OCH3 is 1. The molecule has 0 spiro atoms. The van der Waals surface area contributed by atoms with Crippen molar-refractivity contribution in [3.63, 3.8) is 0 Å². The van der Waals surface area contributed by atoms with Crippen molar-refractivity contribution in [1.82, 2.24) is 9.47 Å². The molecular weight excluding hydrogens is 398 g/mol. The van der Waals surface area contributed by atoms with Crippen molar-refractivity contribution in [2.24, 2.45) is 5.92 Å². The molecule has 0 bridgehead atoms. The van der Waals surface area contributed by atoms with Gasteiger partial charge < -0.3 is 19.5 Å². The van der Waals surface area contributed by atoms with Gasteiger partial charge in [-0.1, -0.05) is 43.6 Å². The summed E-state index contributed by atoms with van der Waals surface area (Å²) in [5.41, 5.74) is 2.84. The minimum Gasteiger partial charge on any atom is -0.497 e. The second-order valence-corrected chi connectivity index (χ2v) is 8.06. The summed E-state index contributed by atoms with van der Waals surface area (Å²) in [4.78, 5) is 14.8. The summed E-state index contributed by atoms with van der Waals surface area (Å²) in [6, 6.07) is 19.1. The lowest BCUT2D eigenvalue weighted by Gasteiger charge is -2.26. The molecular formula is C24H28ClN3O2. The average Bonchev–Trinajstić information content (AvgIpc) is 3.16. The molecule has 3 aromatic rings. The van der Waals surface area contributed by atoms with E-state index < -0.39 is 0 Å². The summed E-state index contributed by atoms with van der Waals surface area (Å²) < 4.78 is 7.31. The Morgan fingerprint density at radius 1 is 1.10 bits per heavy atom. The van der Waals surface area contributed by atoms with Crippen LogP contribution in [0.4, 0.5) is 10.5 Å². The van der Waals surface area contributed by atoms with Gasteiger partial charge in [-0.25, -0.2) is 4.79 Å². The van der Waals surface area contributed by atoms with Crippen LogP contribution in [0.25, 0.3) is 0 Å². The Morgan fingerprint density at radius 3 is 2.50 bits per heavy atom. The molecule has 2 amide bonds. The predicted octanol–water partition coefficient (Wildman–Crippen LogP) is 5.89. The number of urea groups is 1. The molecule has 0 fully saturated rings. The van der Waals surface area contributed by atoms with Crippen LogP contribution in [0.15, 0.2) is 66.9 Å². The first-order valence-electron chi connectivity index (χ1n) is 10.0. The van der Waals surface area contributed by atoms with Gasteiger partial charge in [0.05, 0.1) is 13.7 Å². The zero-order chi connectivity index (χ0) is 21.5. The van der Waals surface area contributed by atoms with Crippen LogP contribution in [0.2, 0.25) is 5.02 Å². The first kappa shape index (κ1) is 21.8. The molecule has 0 aliphatic heterocycles. The Kier molecular flexibility index (Phi) is 7.41. The molecule has 158 valence electrons. The van der Waals surface area contributed by atoms with E-state index in [2.05, 4.69) is 23.7 Å². The summed E-state index contributed by atoms with van der Waals surface area (Å²) in [6.45, 7) is 6.04. The van der Waals surface area contributed by atoms with E-state index in [9.17, 15) is 4.79 Å². The number of nitrogens with zero attached hydrogens (tertiary/aromatic N) is 2. The van der Waals surface area contributed by atoms with Crippen LogP contribution in [0.1, 0.15) is 25.1 Å². The molecule has 0 atom stereocenters. The van der Waals surface area contributed by atoms with E-state index in [-0.39, 0.29) is 6.03 Å². The molecule has 30 heavy (non-hydrogen) atoms. The maximum Gasteiger partial charge on any atom is 0.322 e. The van der Waals surface area contributed by atoms with Crippen LogP contribution < -0.4 is 10.1 Å². The second kappa shape index (κ2) is 10.2. The van der Waals surface area contributed by atoms with E-state index in [0.717, 1.165) is 27.7 Å². The van der Waals surface area contributed by atoms with E-state index in [0.29, 0.717) is 25.6 Å². The number of rotatable bonds is 8. The molecule has 5 nitrogen and oxygen atoms in total. The quantitative estimate of drug-likeness (QED) is 0.489. The highest BCUT2D eigenvalue weighted by molar-refractivity contribution is 6.31. The third-order valence-electron chi connectivity index (χ3n) is 4.79. The van der Waals surface area contributed by atoms with Crippen molar-refractivity contribution in [3.05, 3.63) is 83.1 Å². The second-order valence-electron chi connectivity index (χ2n) is 7.65. The third kappa shape index (κ3) is 5.80. The number of hydrogen-bond acceptors (Lipinski definition) is 2. The number of amides is 2. The highest BCUT2D eigenvalue weighted by atomic mass is 35.5. The fourth-order valence-electron chi connectivity index (χ4n) is 3.29. The van der Waals surface area contributed by atoms with E-state index in [4.69, 9.17) is 16.3 Å². The fourth-order valence-corrected chi connectivity index (χ4v) is 3.49. The van der Waals surface area contributed by atoms with Gasteiger partial charge in [-0.3, -0.25) is 0 Å². The number of aromatic nitrogens is 1. The number of hydrogen-bond donors (Lipinski definition) is 1.